The lowest BCUT2D eigenvalue weighted by molar-refractivity contribution is 0.0591. The molecule has 1 rings (SSSR count). The van der Waals surface area contributed by atoms with Crippen LogP contribution in [0.4, 0.5) is 0 Å². The van der Waals surface area contributed by atoms with E-state index in [1.54, 1.807) is 0 Å². The minimum atomic E-state index is -1.73. The maximum absolute atomic E-state index is 9.24. The Morgan fingerprint density at radius 2 is 1.70 bits per heavy atom. The molecule has 20 heavy (non-hydrogen) atoms. The molecule has 0 aliphatic rings. The van der Waals surface area contributed by atoms with E-state index in [1.807, 2.05) is 30.3 Å². The highest BCUT2D eigenvalue weighted by molar-refractivity contribution is 6.73. The minimum Gasteiger partial charge on any atom is -0.400 e. The van der Waals surface area contributed by atoms with Crippen molar-refractivity contribution in [2.75, 3.05) is 6.61 Å². The summed E-state index contributed by atoms with van der Waals surface area (Å²) in [6, 6.07) is 15.4. The van der Waals surface area contributed by atoms with Crippen molar-refractivity contribution in [3.05, 3.63) is 35.9 Å². The van der Waals surface area contributed by atoms with Crippen molar-refractivity contribution in [3.8, 4) is 6.07 Å². The Morgan fingerprint density at radius 1 is 1.10 bits per heavy atom. The van der Waals surface area contributed by atoms with Crippen LogP contribution in [0.1, 0.15) is 26.3 Å². The molecule has 1 unspecified atom stereocenters. The second-order valence-electron chi connectivity index (χ2n) is 4.98. The molecule has 0 fully saturated rings. The zero-order valence-electron chi connectivity index (χ0n) is 12.8. The van der Waals surface area contributed by atoms with Crippen LogP contribution in [0.2, 0.25) is 18.1 Å². The Morgan fingerprint density at radius 3 is 2.20 bits per heavy atom. The summed E-state index contributed by atoms with van der Waals surface area (Å²) in [6.45, 7) is 7.37. The first-order valence-corrected chi connectivity index (χ1v) is 9.91. The summed E-state index contributed by atoms with van der Waals surface area (Å²) in [5, 5.41) is 9.24. The van der Waals surface area contributed by atoms with Crippen LogP contribution in [0, 0.1) is 11.3 Å². The van der Waals surface area contributed by atoms with Crippen molar-refractivity contribution in [3.63, 3.8) is 0 Å². The van der Waals surface area contributed by atoms with E-state index in [0.717, 1.165) is 23.7 Å². The fourth-order valence-corrected chi connectivity index (χ4v) is 4.98. The largest absolute Gasteiger partial charge is 0.400 e. The number of nitriles is 1. The van der Waals surface area contributed by atoms with E-state index in [-0.39, 0.29) is 0 Å². The van der Waals surface area contributed by atoms with E-state index >= 15 is 0 Å². The van der Waals surface area contributed by atoms with Crippen LogP contribution in [-0.2, 0) is 15.8 Å². The third-order valence-corrected chi connectivity index (χ3v) is 8.50. The van der Waals surface area contributed by atoms with Gasteiger partial charge in [0.05, 0.1) is 19.3 Å². The van der Waals surface area contributed by atoms with E-state index in [1.165, 1.54) is 0 Å². The molecule has 0 radical (unpaired) electrons. The van der Waals surface area contributed by atoms with E-state index < -0.39 is 14.4 Å². The topological polar surface area (TPSA) is 42.2 Å². The molecule has 0 heterocycles. The number of ether oxygens (including phenoxy) is 1. The van der Waals surface area contributed by atoms with Crippen molar-refractivity contribution in [2.45, 2.75) is 51.6 Å². The summed E-state index contributed by atoms with van der Waals surface area (Å²) in [7, 11) is -1.73. The SMILES string of the molecule is CC[Si](CC)(CC)OC(C#N)COCc1ccccc1. The molecule has 110 valence electrons. The van der Waals surface area contributed by atoms with Gasteiger partial charge in [0.2, 0.25) is 0 Å². The van der Waals surface area contributed by atoms with Crippen LogP contribution in [-0.4, -0.2) is 21.0 Å². The molecule has 0 saturated carbocycles. The van der Waals surface area contributed by atoms with E-state index in [9.17, 15) is 5.26 Å². The van der Waals surface area contributed by atoms with Crippen molar-refractivity contribution in [2.24, 2.45) is 0 Å². The Kier molecular flexibility index (Phi) is 7.53. The lowest BCUT2D eigenvalue weighted by Crippen LogP contribution is -2.41. The molecule has 0 aliphatic heterocycles. The second-order valence-corrected chi connectivity index (χ2v) is 9.70. The minimum absolute atomic E-state index is 0.347. The number of hydrogen-bond acceptors (Lipinski definition) is 3. The summed E-state index contributed by atoms with van der Waals surface area (Å²) in [6.07, 6.45) is -0.440. The molecule has 1 aromatic carbocycles. The average Bonchev–Trinajstić information content (AvgIpc) is 2.52. The Balaban J connectivity index is 2.46. The van der Waals surface area contributed by atoms with Crippen LogP contribution in [0.3, 0.4) is 0 Å². The van der Waals surface area contributed by atoms with Gasteiger partial charge in [-0.15, -0.1) is 0 Å². The lowest BCUT2D eigenvalue weighted by Gasteiger charge is -2.30. The summed E-state index contributed by atoms with van der Waals surface area (Å²) >= 11 is 0. The first kappa shape index (κ1) is 16.9. The zero-order chi connectivity index (χ0) is 14.8. The zero-order valence-corrected chi connectivity index (χ0v) is 13.8. The molecule has 0 saturated heterocycles. The maximum atomic E-state index is 9.24. The predicted molar refractivity (Wildman–Crippen MR) is 83.8 cm³/mol. The number of hydrogen-bond donors (Lipinski definition) is 0. The quantitative estimate of drug-likeness (QED) is 0.643. The van der Waals surface area contributed by atoms with Gasteiger partial charge in [-0.2, -0.15) is 5.26 Å². The molecule has 3 nitrogen and oxygen atoms in total. The van der Waals surface area contributed by atoms with E-state index in [4.69, 9.17) is 9.16 Å². The monoisotopic (exact) mass is 291 g/mol. The van der Waals surface area contributed by atoms with Crippen molar-refractivity contribution >= 4 is 8.32 Å². The molecular formula is C16H25NO2Si. The van der Waals surface area contributed by atoms with E-state index in [2.05, 4.69) is 26.8 Å². The third-order valence-electron chi connectivity index (χ3n) is 3.85. The van der Waals surface area contributed by atoms with Gasteiger partial charge in [-0.25, -0.2) is 0 Å². The average molecular weight is 291 g/mol. The third kappa shape index (κ3) is 5.08. The molecule has 1 aromatic rings. The van der Waals surface area contributed by atoms with Crippen molar-refractivity contribution < 1.29 is 9.16 Å². The van der Waals surface area contributed by atoms with Gasteiger partial charge in [-0.1, -0.05) is 51.1 Å². The van der Waals surface area contributed by atoms with Gasteiger partial charge in [0.15, 0.2) is 14.4 Å². The van der Waals surface area contributed by atoms with Gasteiger partial charge in [0.25, 0.3) is 0 Å². The Labute approximate surface area is 123 Å². The van der Waals surface area contributed by atoms with Crippen molar-refractivity contribution in [1.29, 1.82) is 5.26 Å². The fraction of sp³-hybridized carbons (Fsp3) is 0.562. The van der Waals surface area contributed by atoms with Gasteiger partial charge in [-0.05, 0) is 23.7 Å². The molecule has 0 aliphatic carbocycles. The van der Waals surface area contributed by atoms with Crippen molar-refractivity contribution in [1.82, 2.24) is 0 Å². The van der Waals surface area contributed by atoms with Crippen LogP contribution in [0.5, 0.6) is 0 Å². The Hall–Kier alpha value is -1.15. The lowest BCUT2D eigenvalue weighted by atomic mass is 10.2. The molecule has 0 spiro atoms. The summed E-state index contributed by atoms with van der Waals surface area (Å²) in [4.78, 5) is 0. The molecule has 0 bridgehead atoms. The first-order chi connectivity index (χ1) is 9.69. The standard InChI is InChI=1S/C16H25NO2Si/c1-4-20(5-2,6-3)19-16(12-17)14-18-13-15-10-8-7-9-11-15/h7-11,16H,4-6,13-14H2,1-3H3. The molecule has 0 aromatic heterocycles. The first-order valence-electron chi connectivity index (χ1n) is 7.38. The van der Waals surface area contributed by atoms with Crippen LogP contribution in [0.15, 0.2) is 30.3 Å². The molecular weight excluding hydrogens is 266 g/mol. The summed E-state index contributed by atoms with van der Waals surface area (Å²) in [5.41, 5.74) is 1.12. The van der Waals surface area contributed by atoms with Gasteiger partial charge in [0.1, 0.15) is 0 Å². The molecule has 1 atom stereocenters. The summed E-state index contributed by atoms with van der Waals surface area (Å²) in [5.74, 6) is 0. The fourth-order valence-electron chi connectivity index (χ4n) is 2.26. The predicted octanol–water partition coefficient (Wildman–Crippen LogP) is 4.12. The highest BCUT2D eigenvalue weighted by Crippen LogP contribution is 2.23. The van der Waals surface area contributed by atoms with Crippen LogP contribution >= 0.6 is 0 Å². The highest BCUT2D eigenvalue weighted by atomic mass is 28.4. The number of nitrogens with zero attached hydrogens (tertiary/aromatic N) is 1. The van der Waals surface area contributed by atoms with Crippen LogP contribution in [0.25, 0.3) is 0 Å². The summed E-state index contributed by atoms with van der Waals surface area (Å²) < 4.78 is 11.8. The van der Waals surface area contributed by atoms with E-state index in [0.29, 0.717) is 13.2 Å². The molecule has 4 heteroatoms. The molecule has 0 amide bonds. The normalized spacial score (nSPS) is 12.9. The highest BCUT2D eigenvalue weighted by Gasteiger charge is 2.32. The van der Waals surface area contributed by atoms with Gasteiger partial charge in [-0.3, -0.25) is 0 Å². The molecule has 0 N–H and O–H groups in total. The van der Waals surface area contributed by atoms with Crippen LogP contribution < -0.4 is 0 Å². The van der Waals surface area contributed by atoms with Gasteiger partial charge < -0.3 is 9.16 Å². The van der Waals surface area contributed by atoms with Gasteiger partial charge in [0, 0.05) is 0 Å². The second kappa shape index (κ2) is 8.91. The number of rotatable bonds is 9. The smallest absolute Gasteiger partial charge is 0.193 e. The van der Waals surface area contributed by atoms with Gasteiger partial charge >= 0.3 is 0 Å². The number of benzene rings is 1. The maximum Gasteiger partial charge on any atom is 0.193 e. The Bertz CT molecular complexity index is 404.